The van der Waals surface area contributed by atoms with Crippen molar-refractivity contribution in [3.8, 4) is 0 Å². The first-order valence-corrected chi connectivity index (χ1v) is 9.43. The molecule has 1 saturated heterocycles. The van der Waals surface area contributed by atoms with E-state index in [2.05, 4.69) is 4.98 Å². The fourth-order valence-electron chi connectivity index (χ4n) is 3.43. The summed E-state index contributed by atoms with van der Waals surface area (Å²) in [6.07, 6.45) is -0.358. The fraction of sp³-hybridized carbons (Fsp3) is 0.526. The topological polar surface area (TPSA) is 96.1 Å². The molecule has 1 aliphatic rings. The number of carbonyl (C=O) groups is 2. The van der Waals surface area contributed by atoms with Crippen LogP contribution in [0.5, 0.6) is 0 Å². The largest absolute Gasteiger partial charge is 0.478 e. The number of carboxylic acid groups (broad SMARTS) is 1. The highest BCUT2D eigenvalue weighted by Gasteiger charge is 2.36. The number of nitrogens with zero attached hydrogens (tertiary/aromatic N) is 3. The molecule has 1 aromatic heterocycles. The van der Waals surface area contributed by atoms with E-state index < -0.39 is 11.6 Å². The Labute approximate surface area is 168 Å². The van der Waals surface area contributed by atoms with Crippen LogP contribution in [0.1, 0.15) is 45.0 Å². The van der Waals surface area contributed by atoms with Crippen LogP contribution < -0.4 is 4.90 Å². The van der Waals surface area contributed by atoms with Crippen molar-refractivity contribution in [1.29, 1.82) is 0 Å². The monoisotopic (exact) mass is 409 g/mol. The Morgan fingerprint density at radius 1 is 1.25 bits per heavy atom. The number of oxazole rings is 1. The second-order valence-corrected chi connectivity index (χ2v) is 8.53. The van der Waals surface area contributed by atoms with Crippen LogP contribution in [0.3, 0.4) is 0 Å². The summed E-state index contributed by atoms with van der Waals surface area (Å²) in [6, 6.07) is 3.00. The van der Waals surface area contributed by atoms with Crippen LogP contribution in [-0.2, 0) is 4.74 Å². The van der Waals surface area contributed by atoms with Crippen LogP contribution in [0.25, 0.3) is 11.1 Å². The van der Waals surface area contributed by atoms with E-state index in [0.29, 0.717) is 24.7 Å². The molecule has 0 aliphatic carbocycles. The lowest BCUT2D eigenvalue weighted by Crippen LogP contribution is -2.59. The number of benzene rings is 1. The van der Waals surface area contributed by atoms with Gasteiger partial charge in [-0.05, 0) is 40.7 Å². The number of aromatic nitrogens is 1. The molecule has 2 heterocycles. The molecular formula is C19H24ClN3O5. The van der Waals surface area contributed by atoms with Gasteiger partial charge in [-0.25, -0.2) is 9.59 Å². The highest BCUT2D eigenvalue weighted by molar-refractivity contribution is 6.31. The zero-order valence-electron chi connectivity index (χ0n) is 16.5. The van der Waals surface area contributed by atoms with Crippen LogP contribution in [0.15, 0.2) is 16.5 Å². The predicted molar refractivity (Wildman–Crippen MR) is 105 cm³/mol. The van der Waals surface area contributed by atoms with E-state index >= 15 is 0 Å². The van der Waals surface area contributed by atoms with E-state index in [4.69, 9.17) is 20.8 Å². The molecule has 2 aromatic rings. The van der Waals surface area contributed by atoms with Crippen molar-refractivity contribution in [3.63, 3.8) is 0 Å². The first-order chi connectivity index (χ1) is 13.0. The van der Waals surface area contributed by atoms with Crippen molar-refractivity contribution in [2.24, 2.45) is 0 Å². The quantitative estimate of drug-likeness (QED) is 0.800. The Kier molecular flexibility index (Phi) is 5.18. The molecule has 1 aliphatic heterocycles. The maximum atomic E-state index is 12.4. The van der Waals surface area contributed by atoms with Gasteiger partial charge in [0.2, 0.25) is 0 Å². The van der Waals surface area contributed by atoms with Gasteiger partial charge in [0, 0.05) is 36.3 Å². The van der Waals surface area contributed by atoms with Crippen LogP contribution in [0, 0.1) is 0 Å². The van der Waals surface area contributed by atoms with E-state index in [0.717, 1.165) is 0 Å². The summed E-state index contributed by atoms with van der Waals surface area (Å²) in [5, 5.41) is 9.67. The number of fused-ring (bicyclic) bond motifs is 1. The molecule has 0 spiro atoms. The lowest BCUT2D eigenvalue weighted by molar-refractivity contribution is 0.0189. The summed E-state index contributed by atoms with van der Waals surface area (Å²) in [6.45, 7) is 10.3. The SMILES string of the molecule is C[C@H]1CN(C(=O)OC(C)(C)C)C[C@H](C)N1c1nc2c(C(=O)O)cc(Cl)cc2o1. The molecule has 1 amide bonds. The minimum absolute atomic E-state index is 0.00908. The number of ether oxygens (including phenoxy) is 1. The summed E-state index contributed by atoms with van der Waals surface area (Å²) >= 11 is 6.00. The van der Waals surface area contributed by atoms with E-state index in [1.807, 2.05) is 39.5 Å². The number of carbonyl (C=O) groups excluding carboxylic acids is 1. The van der Waals surface area contributed by atoms with Gasteiger partial charge < -0.3 is 24.1 Å². The fourth-order valence-corrected chi connectivity index (χ4v) is 3.64. The molecule has 28 heavy (non-hydrogen) atoms. The molecule has 1 fully saturated rings. The molecule has 0 bridgehead atoms. The Morgan fingerprint density at radius 2 is 1.86 bits per heavy atom. The maximum Gasteiger partial charge on any atom is 0.410 e. The Bertz CT molecular complexity index is 908. The zero-order chi connectivity index (χ0) is 20.8. The molecule has 1 aromatic carbocycles. The minimum atomic E-state index is -1.12. The van der Waals surface area contributed by atoms with Crippen LogP contribution in [0.2, 0.25) is 5.02 Å². The molecule has 152 valence electrons. The molecule has 8 nitrogen and oxygen atoms in total. The summed E-state index contributed by atoms with van der Waals surface area (Å²) < 4.78 is 11.3. The average Bonchev–Trinajstić information content (AvgIpc) is 2.94. The Balaban J connectivity index is 1.88. The van der Waals surface area contributed by atoms with Gasteiger partial charge in [0.25, 0.3) is 6.01 Å². The first-order valence-electron chi connectivity index (χ1n) is 9.06. The number of halogens is 1. The Hall–Kier alpha value is -2.48. The lowest BCUT2D eigenvalue weighted by Gasteiger charge is -2.43. The third-order valence-corrected chi connectivity index (χ3v) is 4.69. The van der Waals surface area contributed by atoms with Gasteiger partial charge in [0.05, 0.1) is 5.56 Å². The highest BCUT2D eigenvalue weighted by Crippen LogP contribution is 2.31. The van der Waals surface area contributed by atoms with Crippen molar-refractivity contribution in [3.05, 3.63) is 22.7 Å². The molecule has 0 unspecified atom stereocenters. The van der Waals surface area contributed by atoms with Crippen molar-refractivity contribution < 1.29 is 23.8 Å². The van der Waals surface area contributed by atoms with E-state index in [1.165, 1.54) is 6.07 Å². The predicted octanol–water partition coefficient (Wildman–Crippen LogP) is 4.01. The van der Waals surface area contributed by atoms with E-state index in [-0.39, 0.29) is 34.3 Å². The second-order valence-electron chi connectivity index (χ2n) is 8.09. The Morgan fingerprint density at radius 3 is 2.39 bits per heavy atom. The number of hydrogen-bond donors (Lipinski definition) is 1. The number of amides is 1. The van der Waals surface area contributed by atoms with Crippen molar-refractivity contribution in [2.45, 2.75) is 52.3 Å². The van der Waals surface area contributed by atoms with Gasteiger partial charge >= 0.3 is 12.1 Å². The normalized spacial score (nSPS) is 20.5. The standard InChI is InChI=1S/C19H24ClN3O5/c1-10-8-22(18(26)28-19(3,4)5)9-11(2)23(10)17-21-15-13(16(24)25)6-12(20)7-14(15)27-17/h6-7,10-11H,8-9H2,1-5H3,(H,24,25)/t10-,11-/m0/s1. The number of hydrogen-bond acceptors (Lipinski definition) is 6. The summed E-state index contributed by atoms with van der Waals surface area (Å²) in [5.41, 5.74) is -0.00652. The molecule has 0 saturated carbocycles. The lowest BCUT2D eigenvalue weighted by atomic mass is 10.1. The maximum absolute atomic E-state index is 12.4. The third-order valence-electron chi connectivity index (χ3n) is 4.47. The van der Waals surface area contributed by atoms with Crippen LogP contribution >= 0.6 is 11.6 Å². The summed E-state index contributed by atoms with van der Waals surface area (Å²) in [4.78, 5) is 31.9. The zero-order valence-corrected chi connectivity index (χ0v) is 17.3. The molecule has 3 rings (SSSR count). The first kappa shape index (κ1) is 20.3. The van der Waals surface area contributed by atoms with Crippen molar-refractivity contribution >= 4 is 40.8 Å². The molecule has 1 N–H and O–H groups in total. The van der Waals surface area contributed by atoms with Crippen molar-refractivity contribution in [2.75, 3.05) is 18.0 Å². The second kappa shape index (κ2) is 7.16. The number of piperazine rings is 1. The van der Waals surface area contributed by atoms with E-state index in [9.17, 15) is 14.7 Å². The average molecular weight is 410 g/mol. The van der Waals surface area contributed by atoms with Crippen LogP contribution in [-0.4, -0.2) is 57.8 Å². The number of aromatic carboxylic acids is 1. The van der Waals surface area contributed by atoms with E-state index in [1.54, 1.807) is 11.0 Å². The molecule has 0 radical (unpaired) electrons. The van der Waals surface area contributed by atoms with Gasteiger partial charge in [0.15, 0.2) is 5.58 Å². The van der Waals surface area contributed by atoms with Gasteiger partial charge in [-0.3, -0.25) is 0 Å². The van der Waals surface area contributed by atoms with Gasteiger partial charge in [0.1, 0.15) is 11.1 Å². The van der Waals surface area contributed by atoms with Gasteiger partial charge in [-0.15, -0.1) is 0 Å². The molecule has 9 heteroatoms. The summed E-state index contributed by atoms with van der Waals surface area (Å²) in [7, 11) is 0. The van der Waals surface area contributed by atoms with Crippen LogP contribution in [0.4, 0.5) is 10.8 Å². The number of carboxylic acids is 1. The smallest absolute Gasteiger partial charge is 0.410 e. The highest BCUT2D eigenvalue weighted by atomic mass is 35.5. The number of rotatable bonds is 2. The minimum Gasteiger partial charge on any atom is -0.478 e. The molecular weight excluding hydrogens is 386 g/mol. The third kappa shape index (κ3) is 4.01. The summed E-state index contributed by atoms with van der Waals surface area (Å²) in [5.74, 6) is -1.12. The van der Waals surface area contributed by atoms with Gasteiger partial charge in [-0.2, -0.15) is 4.98 Å². The van der Waals surface area contributed by atoms with Crippen molar-refractivity contribution in [1.82, 2.24) is 9.88 Å². The number of anilines is 1. The molecule has 2 atom stereocenters. The van der Waals surface area contributed by atoms with Gasteiger partial charge in [-0.1, -0.05) is 11.6 Å².